The van der Waals surface area contributed by atoms with Crippen molar-refractivity contribution in [3.05, 3.63) is 97.2 Å². The fraction of sp³-hybridized carbons (Fsp3) is 0.575. The zero-order chi connectivity index (χ0) is 36.0. The second kappa shape index (κ2) is 30.0. The SMILES string of the molecule is CC/C=C\C/C=C\C/C=C\C/C=C\C/C=C\C/C=C\C/C=C\CCCC(=O)NC(COC1OC(CO)C(O)C(O)C1O)C(O)/C=C/CCC. The average Bonchev–Trinajstić information content (AvgIpc) is 3.10. The molecule has 9 nitrogen and oxygen atoms in total. The molecule has 1 heterocycles. The number of unbranched alkanes of at least 4 members (excludes halogenated alkanes) is 2. The maximum absolute atomic E-state index is 12.7. The summed E-state index contributed by atoms with van der Waals surface area (Å²) in [6.07, 6.45) is 35.5. The molecule has 1 aliphatic rings. The van der Waals surface area contributed by atoms with Crippen LogP contribution in [0, 0.1) is 0 Å². The van der Waals surface area contributed by atoms with E-state index in [2.05, 4.69) is 97.3 Å². The Bertz CT molecular complexity index is 1070. The molecule has 0 spiro atoms. The van der Waals surface area contributed by atoms with Crippen molar-refractivity contribution >= 4 is 5.91 Å². The molecule has 6 N–H and O–H groups in total. The molecule has 0 saturated carbocycles. The van der Waals surface area contributed by atoms with Crippen molar-refractivity contribution in [2.45, 2.75) is 134 Å². The van der Waals surface area contributed by atoms with Crippen molar-refractivity contribution in [1.29, 1.82) is 0 Å². The van der Waals surface area contributed by atoms with E-state index in [1.54, 1.807) is 6.08 Å². The van der Waals surface area contributed by atoms with E-state index >= 15 is 0 Å². The highest BCUT2D eigenvalue weighted by molar-refractivity contribution is 5.76. The molecule has 49 heavy (non-hydrogen) atoms. The number of rotatable bonds is 26. The highest BCUT2D eigenvalue weighted by Crippen LogP contribution is 2.22. The van der Waals surface area contributed by atoms with Gasteiger partial charge in [-0.05, 0) is 64.2 Å². The lowest BCUT2D eigenvalue weighted by atomic mass is 9.99. The number of aliphatic hydroxyl groups excluding tert-OH is 5. The lowest BCUT2D eigenvalue weighted by molar-refractivity contribution is -0.302. The second-order valence-corrected chi connectivity index (χ2v) is 11.9. The number of hydrogen-bond acceptors (Lipinski definition) is 8. The Balaban J connectivity index is 2.30. The molecule has 0 bridgehead atoms. The van der Waals surface area contributed by atoms with Gasteiger partial charge in [-0.15, -0.1) is 0 Å². The Labute approximate surface area is 294 Å². The van der Waals surface area contributed by atoms with Crippen LogP contribution in [0.15, 0.2) is 97.2 Å². The van der Waals surface area contributed by atoms with Crippen LogP contribution in [-0.4, -0.2) is 87.5 Å². The minimum Gasteiger partial charge on any atom is -0.394 e. The van der Waals surface area contributed by atoms with Gasteiger partial charge in [0.25, 0.3) is 0 Å². The number of amides is 1. The van der Waals surface area contributed by atoms with Crippen LogP contribution in [0.2, 0.25) is 0 Å². The first-order valence-corrected chi connectivity index (χ1v) is 18.0. The summed E-state index contributed by atoms with van der Waals surface area (Å²) < 4.78 is 11.0. The lowest BCUT2D eigenvalue weighted by Crippen LogP contribution is -2.60. The van der Waals surface area contributed by atoms with Crippen molar-refractivity contribution in [3.63, 3.8) is 0 Å². The van der Waals surface area contributed by atoms with Crippen molar-refractivity contribution in [1.82, 2.24) is 5.32 Å². The Kier molecular flexibility index (Phi) is 27.0. The van der Waals surface area contributed by atoms with Gasteiger partial charge >= 0.3 is 0 Å². The van der Waals surface area contributed by atoms with Gasteiger partial charge in [-0.1, -0.05) is 117 Å². The molecular weight excluding hydrogens is 622 g/mol. The molecule has 0 aromatic rings. The van der Waals surface area contributed by atoms with E-state index in [-0.39, 0.29) is 18.9 Å². The topological polar surface area (TPSA) is 149 Å². The number of ether oxygens (including phenoxy) is 2. The molecule has 7 atom stereocenters. The average molecular weight is 686 g/mol. The van der Waals surface area contributed by atoms with E-state index in [0.717, 1.165) is 64.2 Å². The van der Waals surface area contributed by atoms with Gasteiger partial charge in [0.05, 0.1) is 25.4 Å². The van der Waals surface area contributed by atoms with Gasteiger partial charge < -0.3 is 40.3 Å². The Hall–Kier alpha value is -2.89. The van der Waals surface area contributed by atoms with Crippen LogP contribution in [0.1, 0.15) is 90.9 Å². The van der Waals surface area contributed by atoms with Gasteiger partial charge in [0.2, 0.25) is 5.91 Å². The fourth-order valence-corrected chi connectivity index (χ4v) is 4.74. The minimum absolute atomic E-state index is 0.224. The van der Waals surface area contributed by atoms with Gasteiger partial charge in [-0.25, -0.2) is 0 Å². The van der Waals surface area contributed by atoms with E-state index in [9.17, 15) is 30.3 Å². The molecule has 276 valence electrons. The Morgan fingerprint density at radius 2 is 1.22 bits per heavy atom. The highest BCUT2D eigenvalue weighted by Gasteiger charge is 2.44. The lowest BCUT2D eigenvalue weighted by Gasteiger charge is -2.40. The smallest absolute Gasteiger partial charge is 0.220 e. The number of allylic oxidation sites excluding steroid dienone is 15. The van der Waals surface area contributed by atoms with Crippen LogP contribution in [0.3, 0.4) is 0 Å². The first kappa shape index (κ1) is 44.1. The monoisotopic (exact) mass is 685 g/mol. The minimum atomic E-state index is -1.58. The van der Waals surface area contributed by atoms with Gasteiger partial charge in [0.1, 0.15) is 24.4 Å². The summed E-state index contributed by atoms with van der Waals surface area (Å²) in [4.78, 5) is 12.7. The molecule has 9 heteroatoms. The molecule has 0 radical (unpaired) electrons. The molecule has 1 saturated heterocycles. The maximum Gasteiger partial charge on any atom is 0.220 e. The van der Waals surface area contributed by atoms with Crippen LogP contribution in [0.4, 0.5) is 0 Å². The number of carbonyl (C=O) groups excluding carboxylic acids is 1. The van der Waals surface area contributed by atoms with E-state index in [1.165, 1.54) is 0 Å². The van der Waals surface area contributed by atoms with Gasteiger partial charge in [-0.2, -0.15) is 0 Å². The summed E-state index contributed by atoms with van der Waals surface area (Å²) in [5.74, 6) is -0.254. The summed E-state index contributed by atoms with van der Waals surface area (Å²) in [6, 6.07) is -0.836. The highest BCUT2D eigenvalue weighted by atomic mass is 16.7. The number of aliphatic hydroxyl groups is 5. The van der Waals surface area contributed by atoms with Crippen LogP contribution in [-0.2, 0) is 14.3 Å². The summed E-state index contributed by atoms with van der Waals surface area (Å²) in [5, 5.41) is 53.1. The molecule has 1 aliphatic heterocycles. The molecule has 0 aromatic heterocycles. The predicted octanol–water partition coefficient (Wildman–Crippen LogP) is 5.82. The summed E-state index contributed by atoms with van der Waals surface area (Å²) in [5.41, 5.74) is 0. The van der Waals surface area contributed by atoms with E-state index < -0.39 is 49.5 Å². The first-order valence-electron chi connectivity index (χ1n) is 18.0. The van der Waals surface area contributed by atoms with Gasteiger partial charge in [0, 0.05) is 6.42 Å². The molecule has 7 unspecified atom stereocenters. The van der Waals surface area contributed by atoms with E-state index in [0.29, 0.717) is 6.42 Å². The zero-order valence-electron chi connectivity index (χ0n) is 29.6. The van der Waals surface area contributed by atoms with Gasteiger partial charge in [-0.3, -0.25) is 4.79 Å². The quantitative estimate of drug-likeness (QED) is 0.0493. The number of hydrogen-bond donors (Lipinski definition) is 6. The third-order valence-corrected chi connectivity index (χ3v) is 7.65. The van der Waals surface area contributed by atoms with Crippen molar-refractivity contribution in [3.8, 4) is 0 Å². The van der Waals surface area contributed by atoms with Gasteiger partial charge in [0.15, 0.2) is 6.29 Å². The molecule has 1 amide bonds. The second-order valence-electron chi connectivity index (χ2n) is 11.9. The van der Waals surface area contributed by atoms with E-state index in [4.69, 9.17) is 9.47 Å². The molecule has 1 fully saturated rings. The summed E-state index contributed by atoms with van der Waals surface area (Å²) in [6.45, 7) is 3.35. The molecule has 0 aliphatic carbocycles. The van der Waals surface area contributed by atoms with E-state index in [1.807, 2.05) is 13.0 Å². The predicted molar refractivity (Wildman–Crippen MR) is 198 cm³/mol. The largest absolute Gasteiger partial charge is 0.394 e. The Morgan fingerprint density at radius 1 is 0.714 bits per heavy atom. The van der Waals surface area contributed by atoms with Crippen molar-refractivity contribution in [2.75, 3.05) is 13.2 Å². The molecular formula is C40H63NO8. The number of carbonyl (C=O) groups is 1. The standard InChI is InChI=1S/C40H63NO8/c1-3-5-7-8-9-10-11-12-13-14-15-16-17-18-19-20-21-22-23-24-25-26-28-30-36(44)41-33(34(43)29-27-6-4-2)32-48-40-39(47)38(46)37(45)35(31-42)49-40/h5,7,9-10,12-13,15-16,18-19,21-22,24-25,27,29,33-35,37-40,42-43,45-47H,3-4,6,8,11,14,17,20,23,26,28,30-32H2,1-2H3,(H,41,44)/b7-5-,10-9-,13-12-,16-15-,19-18-,22-21-,25-24-,29-27+. The van der Waals surface area contributed by atoms with Crippen molar-refractivity contribution < 1.29 is 39.8 Å². The maximum atomic E-state index is 12.7. The van der Waals surface area contributed by atoms with Crippen LogP contribution in [0.5, 0.6) is 0 Å². The number of nitrogens with one attached hydrogen (secondary N) is 1. The van der Waals surface area contributed by atoms with Crippen LogP contribution in [0.25, 0.3) is 0 Å². The first-order chi connectivity index (χ1) is 23.8. The summed E-state index contributed by atoms with van der Waals surface area (Å²) in [7, 11) is 0. The normalized spacial score (nSPS) is 23.6. The molecule has 1 rings (SSSR count). The molecule has 0 aromatic carbocycles. The fourth-order valence-electron chi connectivity index (χ4n) is 4.74. The summed E-state index contributed by atoms with van der Waals surface area (Å²) >= 11 is 0. The third kappa shape index (κ3) is 21.7. The van der Waals surface area contributed by atoms with Crippen LogP contribution < -0.4 is 5.32 Å². The third-order valence-electron chi connectivity index (χ3n) is 7.65. The van der Waals surface area contributed by atoms with Crippen LogP contribution >= 0.6 is 0 Å². The van der Waals surface area contributed by atoms with Crippen molar-refractivity contribution in [2.24, 2.45) is 0 Å². The zero-order valence-corrected chi connectivity index (χ0v) is 29.6. The Morgan fingerprint density at radius 3 is 1.71 bits per heavy atom.